The van der Waals surface area contributed by atoms with Crippen LogP contribution in [-0.4, -0.2) is 55.5 Å². The number of aromatic nitrogens is 6. The number of hydrogen-bond acceptors (Lipinski definition) is 6. The van der Waals surface area contributed by atoms with Gasteiger partial charge in [-0.3, -0.25) is 14.0 Å². The first-order valence-corrected chi connectivity index (χ1v) is 10.8. The molecule has 0 radical (unpaired) electrons. The summed E-state index contributed by atoms with van der Waals surface area (Å²) in [6, 6.07) is 6.55. The van der Waals surface area contributed by atoms with Gasteiger partial charge in [0, 0.05) is 51.7 Å². The van der Waals surface area contributed by atoms with Crippen molar-refractivity contribution in [2.75, 3.05) is 36.0 Å². The second-order valence-electron chi connectivity index (χ2n) is 8.01. The van der Waals surface area contributed by atoms with Gasteiger partial charge in [-0.15, -0.1) is 0 Å². The van der Waals surface area contributed by atoms with Crippen LogP contribution in [-0.2, 0) is 13.6 Å². The molecule has 1 aliphatic rings. The van der Waals surface area contributed by atoms with E-state index in [9.17, 15) is 9.18 Å². The Balaban J connectivity index is 1.47. The van der Waals surface area contributed by atoms with Crippen LogP contribution in [0.15, 0.2) is 41.5 Å². The van der Waals surface area contributed by atoms with Crippen LogP contribution in [0.5, 0.6) is 0 Å². The number of hydrogen-bond donors (Lipinski definition) is 1. The van der Waals surface area contributed by atoms with Crippen LogP contribution >= 0.6 is 0 Å². The normalized spacial score (nSPS) is 14.5. The van der Waals surface area contributed by atoms with Crippen LogP contribution in [0.25, 0.3) is 22.6 Å². The molecule has 0 bridgehead atoms. The third-order valence-electron chi connectivity index (χ3n) is 5.77. The molecule has 3 aromatic heterocycles. The maximum absolute atomic E-state index is 13.3. The number of nitrogens with one attached hydrogen (secondary N) is 1. The standard InChI is InChI=1S/C22H25FN8O/c1-3-8-31-21(32)18-20(26-19(25-18)15-13-24-28(2)14-15)27-22(31)30-11-9-29(10-12-30)17-6-4-16(23)5-7-17/h4-7,13-14H,3,8-12H2,1-2H3,(H,25,26). The van der Waals surface area contributed by atoms with E-state index in [4.69, 9.17) is 4.98 Å². The van der Waals surface area contributed by atoms with E-state index in [1.165, 1.54) is 12.1 Å². The van der Waals surface area contributed by atoms with E-state index < -0.39 is 0 Å². The first-order chi connectivity index (χ1) is 15.5. The topological polar surface area (TPSA) is 87.9 Å². The number of rotatable bonds is 5. The zero-order chi connectivity index (χ0) is 22.2. The Morgan fingerprint density at radius 1 is 1.06 bits per heavy atom. The first kappa shape index (κ1) is 20.2. The number of imidazole rings is 1. The third kappa shape index (κ3) is 3.61. The Bertz CT molecular complexity index is 1300. The highest BCUT2D eigenvalue weighted by molar-refractivity contribution is 5.76. The number of fused-ring (bicyclic) bond motifs is 1. The molecular weight excluding hydrogens is 411 g/mol. The molecule has 4 aromatic rings. The molecular formula is C22H25FN8O. The van der Waals surface area contributed by atoms with Gasteiger partial charge in [0.1, 0.15) is 11.6 Å². The summed E-state index contributed by atoms with van der Waals surface area (Å²) in [6.45, 7) is 5.55. The summed E-state index contributed by atoms with van der Waals surface area (Å²) in [5.41, 5.74) is 2.51. The molecule has 0 aliphatic carbocycles. The van der Waals surface area contributed by atoms with Crippen LogP contribution in [0.3, 0.4) is 0 Å². The van der Waals surface area contributed by atoms with E-state index in [0.29, 0.717) is 42.6 Å². The van der Waals surface area contributed by atoms with E-state index in [1.54, 1.807) is 27.6 Å². The smallest absolute Gasteiger partial charge is 0.280 e. The van der Waals surface area contributed by atoms with Crippen LogP contribution in [0, 0.1) is 5.82 Å². The summed E-state index contributed by atoms with van der Waals surface area (Å²) in [7, 11) is 1.84. The summed E-state index contributed by atoms with van der Waals surface area (Å²) >= 11 is 0. The molecule has 1 aromatic carbocycles. The van der Waals surface area contributed by atoms with Crippen molar-refractivity contribution in [3.8, 4) is 11.4 Å². The van der Waals surface area contributed by atoms with Gasteiger partial charge in [-0.1, -0.05) is 6.92 Å². The highest BCUT2D eigenvalue weighted by Crippen LogP contribution is 2.22. The van der Waals surface area contributed by atoms with Crippen molar-refractivity contribution in [1.82, 2.24) is 29.3 Å². The maximum atomic E-state index is 13.3. The minimum absolute atomic E-state index is 0.115. The molecule has 1 saturated heterocycles. The van der Waals surface area contributed by atoms with Gasteiger partial charge >= 0.3 is 0 Å². The second-order valence-corrected chi connectivity index (χ2v) is 8.01. The van der Waals surface area contributed by atoms with Crippen LogP contribution in [0.2, 0.25) is 0 Å². The highest BCUT2D eigenvalue weighted by Gasteiger charge is 2.24. The second kappa shape index (κ2) is 8.10. The van der Waals surface area contributed by atoms with Gasteiger partial charge < -0.3 is 14.8 Å². The molecule has 1 aliphatic heterocycles. The van der Waals surface area contributed by atoms with Crippen molar-refractivity contribution >= 4 is 22.8 Å². The SMILES string of the molecule is CCCn1c(N2CCN(c3ccc(F)cc3)CC2)nc2nc(-c3cnn(C)c3)[nH]c2c1=O. The maximum Gasteiger partial charge on any atom is 0.280 e. The Morgan fingerprint density at radius 3 is 2.44 bits per heavy atom. The average Bonchev–Trinajstić information content (AvgIpc) is 3.43. The Hall–Kier alpha value is -3.69. The van der Waals surface area contributed by atoms with Crippen molar-refractivity contribution in [3.63, 3.8) is 0 Å². The zero-order valence-corrected chi connectivity index (χ0v) is 18.1. The van der Waals surface area contributed by atoms with E-state index >= 15 is 0 Å². The minimum atomic E-state index is -0.238. The largest absolute Gasteiger partial charge is 0.368 e. The van der Waals surface area contributed by atoms with Gasteiger partial charge in [0.05, 0.1) is 11.8 Å². The fourth-order valence-electron chi connectivity index (χ4n) is 4.14. The molecule has 9 nitrogen and oxygen atoms in total. The van der Waals surface area contributed by atoms with Gasteiger partial charge in [0.25, 0.3) is 5.56 Å². The molecule has 10 heteroatoms. The molecule has 0 atom stereocenters. The molecule has 0 amide bonds. The summed E-state index contributed by atoms with van der Waals surface area (Å²) in [5.74, 6) is 0.990. The number of anilines is 2. The van der Waals surface area contributed by atoms with Crippen molar-refractivity contribution in [3.05, 3.63) is 52.8 Å². The van der Waals surface area contributed by atoms with Crippen molar-refractivity contribution < 1.29 is 4.39 Å². The molecule has 0 saturated carbocycles. The molecule has 166 valence electrons. The molecule has 1 fully saturated rings. The Labute approximate surface area is 184 Å². The molecule has 5 rings (SSSR count). The summed E-state index contributed by atoms with van der Waals surface area (Å²) in [4.78, 5) is 30.2. The minimum Gasteiger partial charge on any atom is -0.368 e. The lowest BCUT2D eigenvalue weighted by Crippen LogP contribution is -2.48. The molecule has 0 spiro atoms. The van der Waals surface area contributed by atoms with Crippen LogP contribution < -0.4 is 15.4 Å². The number of H-pyrrole nitrogens is 1. The van der Waals surface area contributed by atoms with E-state index in [2.05, 4.69) is 24.9 Å². The summed E-state index contributed by atoms with van der Waals surface area (Å²) < 4.78 is 16.7. The van der Waals surface area contributed by atoms with Gasteiger partial charge in [-0.2, -0.15) is 10.1 Å². The van der Waals surface area contributed by atoms with E-state index in [1.807, 2.05) is 20.2 Å². The Kier molecular flexibility index (Phi) is 5.12. The average molecular weight is 436 g/mol. The highest BCUT2D eigenvalue weighted by atomic mass is 19.1. The molecule has 0 unspecified atom stereocenters. The number of halogens is 1. The molecule has 32 heavy (non-hydrogen) atoms. The van der Waals surface area contributed by atoms with Gasteiger partial charge in [-0.05, 0) is 30.7 Å². The zero-order valence-electron chi connectivity index (χ0n) is 18.1. The van der Waals surface area contributed by atoms with Gasteiger partial charge in [0.15, 0.2) is 11.2 Å². The number of aromatic amines is 1. The quantitative estimate of drug-likeness (QED) is 0.517. The molecule has 1 N–H and O–H groups in total. The Morgan fingerprint density at radius 2 is 1.78 bits per heavy atom. The number of aryl methyl sites for hydroxylation is 1. The monoisotopic (exact) mass is 436 g/mol. The summed E-state index contributed by atoms with van der Waals surface area (Å²) in [6.07, 6.45) is 4.37. The first-order valence-electron chi connectivity index (χ1n) is 10.8. The van der Waals surface area contributed by atoms with Crippen molar-refractivity contribution in [2.24, 2.45) is 7.05 Å². The lowest BCUT2D eigenvalue weighted by Gasteiger charge is -2.37. The number of nitrogens with zero attached hydrogens (tertiary/aromatic N) is 7. The lowest BCUT2D eigenvalue weighted by atomic mass is 10.2. The fraction of sp³-hybridized carbons (Fsp3) is 0.364. The molecule has 4 heterocycles. The van der Waals surface area contributed by atoms with E-state index in [-0.39, 0.29) is 11.4 Å². The van der Waals surface area contributed by atoms with E-state index in [0.717, 1.165) is 30.8 Å². The van der Waals surface area contributed by atoms with Crippen molar-refractivity contribution in [2.45, 2.75) is 19.9 Å². The fourth-order valence-corrected chi connectivity index (χ4v) is 4.14. The van der Waals surface area contributed by atoms with Crippen molar-refractivity contribution in [1.29, 1.82) is 0 Å². The number of piperazine rings is 1. The lowest BCUT2D eigenvalue weighted by molar-refractivity contribution is 0.586. The third-order valence-corrected chi connectivity index (χ3v) is 5.77. The summed E-state index contributed by atoms with van der Waals surface area (Å²) in [5, 5.41) is 4.18. The van der Waals surface area contributed by atoms with Crippen LogP contribution in [0.1, 0.15) is 13.3 Å². The number of benzene rings is 1. The predicted octanol–water partition coefficient (Wildman–Crippen LogP) is 2.40. The van der Waals surface area contributed by atoms with Gasteiger partial charge in [0.2, 0.25) is 5.95 Å². The van der Waals surface area contributed by atoms with Crippen LogP contribution in [0.4, 0.5) is 16.0 Å². The van der Waals surface area contributed by atoms with Gasteiger partial charge in [-0.25, -0.2) is 9.37 Å². The predicted molar refractivity (Wildman–Crippen MR) is 121 cm³/mol.